The van der Waals surface area contributed by atoms with Gasteiger partial charge in [0, 0.05) is 0 Å². The number of carboxylic acid groups (broad SMARTS) is 1. The van der Waals surface area contributed by atoms with Gasteiger partial charge in [0.1, 0.15) is 5.75 Å². The lowest BCUT2D eigenvalue weighted by molar-refractivity contribution is -0.132. The first-order valence-electron chi connectivity index (χ1n) is 4.59. The van der Waals surface area contributed by atoms with E-state index in [0.29, 0.717) is 5.57 Å². The van der Waals surface area contributed by atoms with Gasteiger partial charge in [0.15, 0.2) is 0 Å². The molecule has 0 aliphatic carbocycles. The maximum atomic E-state index is 10.5. The van der Waals surface area contributed by atoms with Crippen molar-refractivity contribution in [3.8, 4) is 5.75 Å². The minimum Gasteiger partial charge on any atom is -0.508 e. The number of rotatable bonds is 4. The Morgan fingerprint density at radius 3 is 2.19 bits per heavy atom. The topological polar surface area (TPSA) is 57.5 Å². The zero-order valence-electron chi connectivity index (χ0n) is 8.68. The van der Waals surface area contributed by atoms with E-state index in [1.54, 1.807) is 30.3 Å². The molecular weight excluding hydrogens is 204 g/mol. The van der Waals surface area contributed by atoms with Gasteiger partial charge in [-0.1, -0.05) is 31.4 Å². The summed E-state index contributed by atoms with van der Waals surface area (Å²) >= 11 is 0. The SMILES string of the molecule is C=C(/C=C\C(=C)c1ccc(O)cc1)C(=O)O. The highest BCUT2D eigenvalue weighted by molar-refractivity contribution is 5.90. The van der Waals surface area contributed by atoms with Crippen molar-refractivity contribution in [1.29, 1.82) is 0 Å². The smallest absolute Gasteiger partial charge is 0.335 e. The van der Waals surface area contributed by atoms with Gasteiger partial charge in [-0.25, -0.2) is 4.79 Å². The van der Waals surface area contributed by atoms with E-state index in [4.69, 9.17) is 10.2 Å². The van der Waals surface area contributed by atoms with Crippen LogP contribution in [-0.2, 0) is 4.79 Å². The Balaban J connectivity index is 2.77. The molecule has 0 atom stereocenters. The largest absolute Gasteiger partial charge is 0.508 e. The molecule has 0 amide bonds. The van der Waals surface area contributed by atoms with Crippen LogP contribution in [0.25, 0.3) is 5.57 Å². The van der Waals surface area contributed by atoms with Crippen LogP contribution in [0.1, 0.15) is 5.56 Å². The summed E-state index contributed by atoms with van der Waals surface area (Å²) in [6.45, 7) is 7.15. The Morgan fingerprint density at radius 1 is 1.12 bits per heavy atom. The van der Waals surface area contributed by atoms with Gasteiger partial charge in [0.25, 0.3) is 0 Å². The van der Waals surface area contributed by atoms with E-state index in [-0.39, 0.29) is 11.3 Å². The molecule has 0 heterocycles. The van der Waals surface area contributed by atoms with E-state index in [9.17, 15) is 4.79 Å². The minimum atomic E-state index is -1.06. The lowest BCUT2D eigenvalue weighted by Crippen LogP contribution is -1.94. The zero-order chi connectivity index (χ0) is 12.1. The number of hydrogen-bond donors (Lipinski definition) is 2. The average Bonchev–Trinajstić information content (AvgIpc) is 2.26. The summed E-state index contributed by atoms with van der Waals surface area (Å²) in [6, 6.07) is 6.48. The molecule has 3 heteroatoms. The number of phenolic OH excluding ortho intramolecular Hbond substituents is 1. The summed E-state index contributed by atoms with van der Waals surface area (Å²) in [5, 5.41) is 17.7. The standard InChI is InChI=1S/C13H12O3/c1-9(3-4-10(2)13(15)16)11-5-7-12(14)8-6-11/h3-8,14H,1-2H2,(H,15,16)/b4-3-. The number of aliphatic carboxylic acids is 1. The molecule has 1 aromatic rings. The predicted molar refractivity (Wildman–Crippen MR) is 63.1 cm³/mol. The summed E-state index contributed by atoms with van der Waals surface area (Å²) < 4.78 is 0. The van der Waals surface area contributed by atoms with Crippen molar-refractivity contribution in [2.75, 3.05) is 0 Å². The predicted octanol–water partition coefficient (Wildman–Crippen LogP) is 2.60. The van der Waals surface area contributed by atoms with Crippen molar-refractivity contribution in [1.82, 2.24) is 0 Å². The number of carboxylic acids is 1. The molecule has 82 valence electrons. The molecule has 0 aliphatic heterocycles. The van der Waals surface area contributed by atoms with Gasteiger partial charge >= 0.3 is 5.97 Å². The summed E-state index contributed by atoms with van der Waals surface area (Å²) in [5.41, 5.74) is 1.47. The van der Waals surface area contributed by atoms with Crippen LogP contribution in [-0.4, -0.2) is 16.2 Å². The minimum absolute atomic E-state index is 0.0000663. The van der Waals surface area contributed by atoms with Crippen molar-refractivity contribution < 1.29 is 15.0 Å². The fourth-order valence-electron chi connectivity index (χ4n) is 1.04. The highest BCUT2D eigenvalue weighted by atomic mass is 16.4. The van der Waals surface area contributed by atoms with Crippen molar-refractivity contribution in [2.45, 2.75) is 0 Å². The molecule has 16 heavy (non-hydrogen) atoms. The lowest BCUT2D eigenvalue weighted by atomic mass is 10.1. The Morgan fingerprint density at radius 2 is 1.69 bits per heavy atom. The zero-order valence-corrected chi connectivity index (χ0v) is 8.68. The first-order chi connectivity index (χ1) is 7.50. The molecular formula is C13H12O3. The molecule has 0 aromatic heterocycles. The normalized spacial score (nSPS) is 10.2. The van der Waals surface area contributed by atoms with Crippen LogP contribution in [0.5, 0.6) is 5.75 Å². The van der Waals surface area contributed by atoms with Gasteiger partial charge in [-0.05, 0) is 29.3 Å². The fourth-order valence-corrected chi connectivity index (χ4v) is 1.04. The summed E-state index contributed by atoms with van der Waals surface area (Å²) in [7, 11) is 0. The monoisotopic (exact) mass is 216 g/mol. The van der Waals surface area contributed by atoms with E-state index < -0.39 is 5.97 Å². The molecule has 0 bridgehead atoms. The van der Waals surface area contributed by atoms with Crippen LogP contribution in [0.15, 0.2) is 55.1 Å². The molecule has 3 nitrogen and oxygen atoms in total. The molecule has 1 rings (SSSR count). The second-order valence-corrected chi connectivity index (χ2v) is 3.24. The Bertz CT molecular complexity index is 453. The molecule has 0 saturated heterocycles. The van der Waals surface area contributed by atoms with Crippen LogP contribution in [0.3, 0.4) is 0 Å². The second kappa shape index (κ2) is 4.98. The van der Waals surface area contributed by atoms with E-state index in [0.717, 1.165) is 5.56 Å². The number of carbonyl (C=O) groups is 1. The van der Waals surface area contributed by atoms with Crippen molar-refractivity contribution in [3.05, 3.63) is 60.7 Å². The number of allylic oxidation sites excluding steroid dienone is 2. The van der Waals surface area contributed by atoms with Gasteiger partial charge in [-0.2, -0.15) is 0 Å². The molecule has 2 N–H and O–H groups in total. The highest BCUT2D eigenvalue weighted by Crippen LogP contribution is 2.17. The molecule has 1 aromatic carbocycles. The molecule has 0 fully saturated rings. The van der Waals surface area contributed by atoms with Crippen LogP contribution < -0.4 is 0 Å². The van der Waals surface area contributed by atoms with Crippen LogP contribution in [0.4, 0.5) is 0 Å². The number of benzene rings is 1. The van der Waals surface area contributed by atoms with E-state index in [1.807, 2.05) is 0 Å². The van der Waals surface area contributed by atoms with Crippen LogP contribution in [0, 0.1) is 0 Å². The molecule has 0 saturated carbocycles. The van der Waals surface area contributed by atoms with Gasteiger partial charge in [0.05, 0.1) is 5.57 Å². The van der Waals surface area contributed by atoms with Crippen molar-refractivity contribution in [3.63, 3.8) is 0 Å². The molecule has 0 radical (unpaired) electrons. The van der Waals surface area contributed by atoms with Gasteiger partial charge in [-0.3, -0.25) is 0 Å². The van der Waals surface area contributed by atoms with E-state index in [1.165, 1.54) is 6.08 Å². The maximum Gasteiger partial charge on any atom is 0.335 e. The third kappa shape index (κ3) is 3.13. The fraction of sp³-hybridized carbons (Fsp3) is 0. The lowest BCUT2D eigenvalue weighted by Gasteiger charge is -2.00. The van der Waals surface area contributed by atoms with Crippen LogP contribution >= 0.6 is 0 Å². The second-order valence-electron chi connectivity index (χ2n) is 3.24. The van der Waals surface area contributed by atoms with Crippen molar-refractivity contribution in [2.24, 2.45) is 0 Å². The number of hydrogen-bond acceptors (Lipinski definition) is 2. The van der Waals surface area contributed by atoms with E-state index >= 15 is 0 Å². The number of phenols is 1. The summed E-state index contributed by atoms with van der Waals surface area (Å²) in [4.78, 5) is 10.5. The van der Waals surface area contributed by atoms with Crippen LogP contribution in [0.2, 0.25) is 0 Å². The van der Waals surface area contributed by atoms with Gasteiger partial charge in [-0.15, -0.1) is 0 Å². The Labute approximate surface area is 93.7 Å². The maximum absolute atomic E-state index is 10.5. The van der Waals surface area contributed by atoms with Crippen molar-refractivity contribution >= 4 is 11.5 Å². The molecule has 0 unspecified atom stereocenters. The molecule has 0 aliphatic rings. The van der Waals surface area contributed by atoms with Gasteiger partial charge in [0.2, 0.25) is 0 Å². The van der Waals surface area contributed by atoms with Gasteiger partial charge < -0.3 is 10.2 Å². The average molecular weight is 216 g/mol. The van der Waals surface area contributed by atoms with E-state index in [2.05, 4.69) is 13.2 Å². The molecule has 0 spiro atoms. The Hall–Kier alpha value is -2.29. The summed E-state index contributed by atoms with van der Waals surface area (Å²) in [6.07, 6.45) is 2.96. The quantitative estimate of drug-likeness (QED) is 0.600. The Kier molecular flexibility index (Phi) is 3.67. The third-order valence-corrected chi connectivity index (χ3v) is 2.00. The highest BCUT2D eigenvalue weighted by Gasteiger charge is 1.99. The summed E-state index contributed by atoms with van der Waals surface area (Å²) in [5.74, 6) is -0.884. The number of aromatic hydroxyl groups is 1. The third-order valence-electron chi connectivity index (χ3n) is 2.00. The first kappa shape index (κ1) is 11.8. The first-order valence-corrected chi connectivity index (χ1v) is 4.59.